The Kier molecular flexibility index (Phi) is 3.86. The van der Waals surface area contributed by atoms with Crippen molar-refractivity contribution in [2.45, 2.75) is 25.9 Å². The Bertz CT molecular complexity index is 362. The van der Waals surface area contributed by atoms with Gasteiger partial charge in [-0.1, -0.05) is 5.16 Å². The predicted molar refractivity (Wildman–Crippen MR) is 44.6 cm³/mol. The molecule has 1 heterocycles. The second-order valence-corrected chi connectivity index (χ2v) is 2.85. The van der Waals surface area contributed by atoms with E-state index in [2.05, 4.69) is 19.4 Å². The van der Waals surface area contributed by atoms with Crippen LogP contribution in [0, 0.1) is 0 Å². The van der Waals surface area contributed by atoms with Gasteiger partial charge in [-0.05, 0) is 6.92 Å². The zero-order chi connectivity index (χ0) is 12.2. The first-order chi connectivity index (χ1) is 7.42. The average Bonchev–Trinajstić information content (AvgIpc) is 2.62. The second kappa shape index (κ2) is 4.95. The minimum Gasteiger partial charge on any atom is -0.459 e. The van der Waals surface area contributed by atoms with Crippen molar-refractivity contribution in [3.8, 4) is 0 Å². The summed E-state index contributed by atoms with van der Waals surface area (Å²) in [5.74, 6) is -1.44. The molecular formula is C8H9F3N2O3. The summed E-state index contributed by atoms with van der Waals surface area (Å²) < 4.78 is 44.5. The van der Waals surface area contributed by atoms with E-state index < -0.39 is 30.9 Å². The molecular weight excluding hydrogens is 229 g/mol. The lowest BCUT2D eigenvalue weighted by atomic mass is 10.3. The maximum absolute atomic E-state index is 11.8. The zero-order valence-electron chi connectivity index (χ0n) is 8.37. The molecule has 0 spiro atoms. The van der Waals surface area contributed by atoms with Gasteiger partial charge in [-0.2, -0.15) is 18.2 Å². The number of hydrogen-bond donors (Lipinski definition) is 0. The fourth-order valence-corrected chi connectivity index (χ4v) is 0.885. The third kappa shape index (κ3) is 3.87. The van der Waals surface area contributed by atoms with E-state index >= 15 is 0 Å². The maximum atomic E-state index is 11.8. The fraction of sp³-hybridized carbons (Fsp3) is 0.625. The number of rotatable bonds is 4. The molecule has 0 N–H and O–H groups in total. The van der Waals surface area contributed by atoms with Gasteiger partial charge < -0.3 is 9.26 Å². The van der Waals surface area contributed by atoms with Crippen LogP contribution >= 0.6 is 0 Å². The number of carbonyl (C=O) groups is 1. The van der Waals surface area contributed by atoms with Crippen LogP contribution in [-0.4, -0.2) is 28.9 Å². The van der Waals surface area contributed by atoms with Crippen molar-refractivity contribution in [1.29, 1.82) is 0 Å². The number of nitrogens with zero attached hydrogens (tertiary/aromatic N) is 2. The van der Waals surface area contributed by atoms with Crippen LogP contribution in [-0.2, 0) is 11.2 Å². The monoisotopic (exact) mass is 238 g/mol. The molecule has 16 heavy (non-hydrogen) atoms. The molecule has 90 valence electrons. The molecule has 1 aromatic heterocycles. The lowest BCUT2D eigenvalue weighted by Crippen LogP contribution is -2.09. The first kappa shape index (κ1) is 12.5. The Morgan fingerprint density at radius 1 is 1.50 bits per heavy atom. The molecule has 1 rings (SSSR count). The number of carbonyl (C=O) groups excluding carboxylic acids is 1. The number of aryl methyl sites for hydroxylation is 1. The van der Waals surface area contributed by atoms with Crippen LogP contribution in [0.1, 0.15) is 29.9 Å². The minimum absolute atomic E-state index is 0.124. The van der Waals surface area contributed by atoms with Gasteiger partial charge in [0.05, 0.1) is 13.0 Å². The first-order valence-corrected chi connectivity index (χ1v) is 4.49. The molecule has 8 heteroatoms. The molecule has 0 atom stereocenters. The van der Waals surface area contributed by atoms with Crippen LogP contribution in [0.25, 0.3) is 0 Å². The van der Waals surface area contributed by atoms with Crippen molar-refractivity contribution < 1.29 is 27.2 Å². The number of ether oxygens (including phenoxy) is 1. The van der Waals surface area contributed by atoms with Crippen molar-refractivity contribution in [3.63, 3.8) is 0 Å². The molecule has 0 aliphatic rings. The van der Waals surface area contributed by atoms with E-state index in [0.29, 0.717) is 0 Å². The van der Waals surface area contributed by atoms with Crippen LogP contribution in [0.4, 0.5) is 13.2 Å². The van der Waals surface area contributed by atoms with Crippen LogP contribution in [0.2, 0.25) is 0 Å². The van der Waals surface area contributed by atoms with E-state index in [9.17, 15) is 18.0 Å². The summed E-state index contributed by atoms with van der Waals surface area (Å²) in [6, 6.07) is 0. The van der Waals surface area contributed by atoms with E-state index in [1.54, 1.807) is 6.92 Å². The van der Waals surface area contributed by atoms with Gasteiger partial charge in [-0.3, -0.25) is 0 Å². The molecule has 0 amide bonds. The Morgan fingerprint density at radius 2 is 2.19 bits per heavy atom. The van der Waals surface area contributed by atoms with Crippen molar-refractivity contribution in [2.75, 3.05) is 6.61 Å². The largest absolute Gasteiger partial charge is 0.459 e. The molecule has 0 aromatic carbocycles. The highest BCUT2D eigenvalue weighted by molar-refractivity contribution is 5.83. The van der Waals surface area contributed by atoms with Crippen molar-refractivity contribution >= 4 is 5.97 Å². The summed E-state index contributed by atoms with van der Waals surface area (Å²) in [6.07, 6.45) is -5.77. The summed E-state index contributed by atoms with van der Waals surface area (Å²) in [4.78, 5) is 14.5. The standard InChI is InChI=1S/C8H9F3N2O3/c1-2-15-7(14)6-12-5(13-16-6)3-4-8(9,10)11/h2-4H2,1H3. The van der Waals surface area contributed by atoms with Gasteiger partial charge in [-0.25, -0.2) is 4.79 Å². The van der Waals surface area contributed by atoms with Crippen LogP contribution < -0.4 is 0 Å². The van der Waals surface area contributed by atoms with E-state index in [0.717, 1.165) is 0 Å². The SMILES string of the molecule is CCOC(=O)c1nc(CCC(F)(F)F)no1. The van der Waals surface area contributed by atoms with Crippen LogP contribution in [0.3, 0.4) is 0 Å². The third-order valence-electron chi connectivity index (χ3n) is 1.55. The fourth-order valence-electron chi connectivity index (χ4n) is 0.885. The molecule has 0 aliphatic carbocycles. The summed E-state index contributed by atoms with van der Waals surface area (Å²) >= 11 is 0. The van der Waals surface area contributed by atoms with Crippen molar-refractivity contribution in [1.82, 2.24) is 10.1 Å². The smallest absolute Gasteiger partial charge is 0.397 e. The maximum Gasteiger partial charge on any atom is 0.397 e. The minimum atomic E-state index is -4.29. The van der Waals surface area contributed by atoms with Gasteiger partial charge in [0.2, 0.25) is 0 Å². The topological polar surface area (TPSA) is 65.2 Å². The Labute approximate surface area is 88.6 Å². The van der Waals surface area contributed by atoms with Crippen molar-refractivity contribution in [3.05, 3.63) is 11.7 Å². The van der Waals surface area contributed by atoms with E-state index in [1.165, 1.54) is 0 Å². The molecule has 0 saturated carbocycles. The summed E-state index contributed by atoms with van der Waals surface area (Å²) in [7, 11) is 0. The Hall–Kier alpha value is -1.60. The third-order valence-corrected chi connectivity index (χ3v) is 1.55. The van der Waals surface area contributed by atoms with Gasteiger partial charge in [-0.15, -0.1) is 0 Å². The number of halogens is 3. The summed E-state index contributed by atoms with van der Waals surface area (Å²) in [5, 5.41) is 3.24. The summed E-state index contributed by atoms with van der Waals surface area (Å²) in [5.41, 5.74) is 0. The number of esters is 1. The van der Waals surface area contributed by atoms with Crippen LogP contribution in [0.5, 0.6) is 0 Å². The molecule has 0 unspecified atom stereocenters. The number of alkyl halides is 3. The Balaban J connectivity index is 2.55. The highest BCUT2D eigenvalue weighted by atomic mass is 19.4. The molecule has 1 aromatic rings. The summed E-state index contributed by atoms with van der Waals surface area (Å²) in [6.45, 7) is 1.71. The molecule has 0 fully saturated rings. The van der Waals surface area contributed by atoms with Gasteiger partial charge in [0.1, 0.15) is 0 Å². The molecule has 0 aliphatic heterocycles. The quantitative estimate of drug-likeness (QED) is 0.747. The predicted octanol–water partition coefficient (Wildman–Crippen LogP) is 1.74. The molecule has 0 radical (unpaired) electrons. The van der Waals surface area contributed by atoms with E-state index in [1.807, 2.05) is 0 Å². The van der Waals surface area contributed by atoms with E-state index in [4.69, 9.17) is 0 Å². The van der Waals surface area contributed by atoms with Gasteiger partial charge in [0.25, 0.3) is 0 Å². The Morgan fingerprint density at radius 3 is 2.75 bits per heavy atom. The molecule has 0 saturated heterocycles. The normalized spacial score (nSPS) is 11.5. The highest BCUT2D eigenvalue weighted by Gasteiger charge is 2.28. The van der Waals surface area contributed by atoms with Crippen LogP contribution in [0.15, 0.2) is 4.52 Å². The van der Waals surface area contributed by atoms with Gasteiger partial charge in [0, 0.05) is 6.42 Å². The highest BCUT2D eigenvalue weighted by Crippen LogP contribution is 2.21. The average molecular weight is 238 g/mol. The molecule has 5 nitrogen and oxygen atoms in total. The number of hydrogen-bond acceptors (Lipinski definition) is 5. The zero-order valence-corrected chi connectivity index (χ0v) is 8.37. The number of aromatic nitrogens is 2. The lowest BCUT2D eigenvalue weighted by Gasteiger charge is -2.01. The van der Waals surface area contributed by atoms with E-state index in [-0.39, 0.29) is 12.4 Å². The van der Waals surface area contributed by atoms with Gasteiger partial charge >= 0.3 is 18.0 Å². The second-order valence-electron chi connectivity index (χ2n) is 2.85. The van der Waals surface area contributed by atoms with Crippen molar-refractivity contribution in [2.24, 2.45) is 0 Å². The first-order valence-electron chi connectivity index (χ1n) is 4.49. The van der Waals surface area contributed by atoms with Gasteiger partial charge in [0.15, 0.2) is 5.82 Å². The molecule has 0 bridgehead atoms. The lowest BCUT2D eigenvalue weighted by molar-refractivity contribution is -0.134.